The quantitative estimate of drug-likeness (QED) is 0.906. The first-order valence-corrected chi connectivity index (χ1v) is 6.29. The van der Waals surface area contributed by atoms with E-state index in [1.807, 2.05) is 13.8 Å². The lowest BCUT2D eigenvalue weighted by Gasteiger charge is -2.09. The highest BCUT2D eigenvalue weighted by Crippen LogP contribution is 2.29. The van der Waals surface area contributed by atoms with Gasteiger partial charge in [0.1, 0.15) is 5.75 Å². The van der Waals surface area contributed by atoms with Crippen molar-refractivity contribution in [1.82, 2.24) is 4.98 Å². The average Bonchev–Trinajstić information content (AvgIpc) is 2.32. The van der Waals surface area contributed by atoms with Gasteiger partial charge in [0.05, 0.1) is 5.56 Å². The minimum atomic E-state index is -1.15. The molecule has 0 aliphatic heterocycles. The highest BCUT2D eigenvalue weighted by molar-refractivity contribution is 5.69. The molecule has 3 nitrogen and oxygen atoms in total. The Hall–Kier alpha value is -2.17. The van der Waals surface area contributed by atoms with Crippen LogP contribution >= 0.6 is 0 Å². The predicted molar refractivity (Wildman–Crippen MR) is 72.6 cm³/mol. The molecule has 0 saturated heterocycles. The van der Waals surface area contributed by atoms with E-state index in [1.165, 1.54) is 18.2 Å². The summed E-state index contributed by atoms with van der Waals surface area (Å²) in [6.45, 7) is 3.94. The molecule has 5 heteroatoms. The first-order chi connectivity index (χ1) is 9.40. The lowest BCUT2D eigenvalue weighted by atomic mass is 10.0. The number of hydrogen-bond donors (Lipinski definition) is 2. The summed E-state index contributed by atoms with van der Waals surface area (Å²) >= 11 is 0. The molecule has 2 aromatic rings. The Labute approximate surface area is 114 Å². The number of H-pyrrole nitrogens is 1. The fraction of sp³-hybridized carbons (Fsp3) is 0.267. The molecule has 0 saturated carbocycles. The second-order valence-corrected chi connectivity index (χ2v) is 5.08. The van der Waals surface area contributed by atoms with Crippen LogP contribution in [0.3, 0.4) is 0 Å². The summed E-state index contributed by atoms with van der Waals surface area (Å²) in [7, 11) is 0. The van der Waals surface area contributed by atoms with Gasteiger partial charge in [0, 0.05) is 17.3 Å². The Morgan fingerprint density at radius 2 is 2.00 bits per heavy atom. The molecular formula is C15H15F2NO2. The standard InChI is InChI=1S/C15H15F2NO2/c1-8(2)6-9-7-12(19)13(15(20)18-9)10-4-3-5-11(16)14(10)17/h3-5,7-8H,6H2,1-2H3,(H2,18,19,20). The van der Waals surface area contributed by atoms with Gasteiger partial charge < -0.3 is 10.1 Å². The van der Waals surface area contributed by atoms with Crippen molar-refractivity contribution in [2.45, 2.75) is 20.3 Å². The maximum atomic E-state index is 13.7. The molecule has 20 heavy (non-hydrogen) atoms. The maximum absolute atomic E-state index is 13.7. The zero-order chi connectivity index (χ0) is 14.9. The highest BCUT2D eigenvalue weighted by atomic mass is 19.2. The number of aromatic nitrogens is 1. The number of pyridine rings is 1. The van der Waals surface area contributed by atoms with Crippen LogP contribution in [0, 0.1) is 17.6 Å². The predicted octanol–water partition coefficient (Wildman–Crippen LogP) is 3.22. The molecule has 1 aromatic heterocycles. The third kappa shape index (κ3) is 2.71. The molecule has 1 aromatic carbocycles. The van der Waals surface area contributed by atoms with Crippen molar-refractivity contribution < 1.29 is 13.9 Å². The van der Waals surface area contributed by atoms with Gasteiger partial charge in [0.25, 0.3) is 5.56 Å². The zero-order valence-electron chi connectivity index (χ0n) is 11.2. The SMILES string of the molecule is CC(C)Cc1cc(O)c(-c2cccc(F)c2F)c(=O)[nH]1. The number of halogens is 2. The molecule has 0 radical (unpaired) electrons. The molecule has 0 atom stereocenters. The summed E-state index contributed by atoms with van der Waals surface area (Å²) in [5.41, 5.74) is -0.581. The van der Waals surface area contributed by atoms with Crippen LogP contribution in [0.4, 0.5) is 8.78 Å². The summed E-state index contributed by atoms with van der Waals surface area (Å²) in [5, 5.41) is 9.94. The van der Waals surface area contributed by atoms with Crippen LogP contribution < -0.4 is 5.56 Å². The molecule has 0 aliphatic rings. The molecule has 0 aliphatic carbocycles. The number of hydrogen-bond acceptors (Lipinski definition) is 2. The molecule has 0 unspecified atom stereocenters. The number of aromatic hydroxyl groups is 1. The van der Waals surface area contributed by atoms with Gasteiger partial charge in [0.15, 0.2) is 11.6 Å². The van der Waals surface area contributed by atoms with Gasteiger partial charge in [-0.05, 0) is 18.4 Å². The summed E-state index contributed by atoms with van der Waals surface area (Å²) in [5.74, 6) is -2.27. The van der Waals surface area contributed by atoms with Crippen molar-refractivity contribution >= 4 is 0 Å². The molecule has 2 rings (SSSR count). The molecule has 1 heterocycles. The Kier molecular flexibility index (Phi) is 3.88. The Morgan fingerprint density at radius 3 is 2.60 bits per heavy atom. The van der Waals surface area contributed by atoms with E-state index in [0.29, 0.717) is 18.0 Å². The molecule has 0 spiro atoms. The third-order valence-electron chi connectivity index (χ3n) is 2.92. The van der Waals surface area contributed by atoms with Gasteiger partial charge in [-0.25, -0.2) is 8.78 Å². The fourth-order valence-electron chi connectivity index (χ4n) is 2.10. The smallest absolute Gasteiger partial charge is 0.259 e. The Balaban J connectivity index is 2.59. The van der Waals surface area contributed by atoms with Crippen LogP contribution in [0.1, 0.15) is 19.5 Å². The van der Waals surface area contributed by atoms with Crippen LogP contribution in [0.2, 0.25) is 0 Å². The lowest BCUT2D eigenvalue weighted by molar-refractivity contribution is 0.471. The second-order valence-electron chi connectivity index (χ2n) is 5.08. The fourth-order valence-corrected chi connectivity index (χ4v) is 2.10. The van der Waals surface area contributed by atoms with Crippen LogP contribution in [0.5, 0.6) is 5.75 Å². The van der Waals surface area contributed by atoms with E-state index in [0.717, 1.165) is 6.07 Å². The van der Waals surface area contributed by atoms with Gasteiger partial charge in [-0.3, -0.25) is 4.79 Å². The molecule has 0 fully saturated rings. The van der Waals surface area contributed by atoms with Gasteiger partial charge >= 0.3 is 0 Å². The monoisotopic (exact) mass is 279 g/mol. The second kappa shape index (κ2) is 5.45. The lowest BCUT2D eigenvalue weighted by Crippen LogP contribution is -2.14. The first kappa shape index (κ1) is 14.2. The minimum absolute atomic E-state index is 0.250. The number of nitrogens with one attached hydrogen (secondary N) is 1. The van der Waals surface area contributed by atoms with Crippen molar-refractivity contribution in [3.8, 4) is 16.9 Å². The zero-order valence-corrected chi connectivity index (χ0v) is 11.2. The van der Waals surface area contributed by atoms with Gasteiger partial charge in [-0.1, -0.05) is 26.0 Å². The van der Waals surface area contributed by atoms with Crippen molar-refractivity contribution in [2.75, 3.05) is 0 Å². The van der Waals surface area contributed by atoms with Crippen molar-refractivity contribution in [3.63, 3.8) is 0 Å². The highest BCUT2D eigenvalue weighted by Gasteiger charge is 2.17. The first-order valence-electron chi connectivity index (χ1n) is 6.29. The van der Waals surface area contributed by atoms with Gasteiger partial charge in [0.2, 0.25) is 0 Å². The molecule has 2 N–H and O–H groups in total. The van der Waals surface area contributed by atoms with Crippen LogP contribution in [-0.4, -0.2) is 10.1 Å². The summed E-state index contributed by atoms with van der Waals surface area (Å²) < 4.78 is 26.9. The average molecular weight is 279 g/mol. The Bertz CT molecular complexity index is 693. The van der Waals surface area contributed by atoms with Crippen molar-refractivity contribution in [3.05, 3.63) is 51.9 Å². The molecule has 106 valence electrons. The topological polar surface area (TPSA) is 53.1 Å². The normalized spacial score (nSPS) is 11.1. The van der Waals surface area contributed by atoms with Gasteiger partial charge in [-0.2, -0.15) is 0 Å². The Morgan fingerprint density at radius 1 is 1.30 bits per heavy atom. The molecule has 0 bridgehead atoms. The minimum Gasteiger partial charge on any atom is -0.507 e. The maximum Gasteiger partial charge on any atom is 0.259 e. The van der Waals surface area contributed by atoms with E-state index in [9.17, 15) is 18.7 Å². The summed E-state index contributed by atoms with van der Waals surface area (Å²) in [6.07, 6.45) is 0.578. The number of aromatic amines is 1. The van der Waals surface area contributed by atoms with E-state index in [4.69, 9.17) is 0 Å². The van der Waals surface area contributed by atoms with E-state index in [-0.39, 0.29) is 16.9 Å². The van der Waals surface area contributed by atoms with E-state index in [2.05, 4.69) is 4.98 Å². The van der Waals surface area contributed by atoms with Crippen LogP contribution in [-0.2, 0) is 6.42 Å². The summed E-state index contributed by atoms with van der Waals surface area (Å²) in [4.78, 5) is 14.6. The third-order valence-corrected chi connectivity index (χ3v) is 2.92. The van der Waals surface area contributed by atoms with E-state index >= 15 is 0 Å². The van der Waals surface area contributed by atoms with Crippen molar-refractivity contribution in [2.24, 2.45) is 5.92 Å². The van der Waals surface area contributed by atoms with Crippen LogP contribution in [0.15, 0.2) is 29.1 Å². The number of rotatable bonds is 3. The van der Waals surface area contributed by atoms with E-state index in [1.54, 1.807) is 0 Å². The van der Waals surface area contributed by atoms with E-state index < -0.39 is 17.2 Å². The molecule has 0 amide bonds. The largest absolute Gasteiger partial charge is 0.507 e. The number of benzene rings is 1. The summed E-state index contributed by atoms with van der Waals surface area (Å²) in [6, 6.07) is 4.87. The van der Waals surface area contributed by atoms with Crippen molar-refractivity contribution in [1.29, 1.82) is 0 Å². The van der Waals surface area contributed by atoms with Crippen LogP contribution in [0.25, 0.3) is 11.1 Å². The molecular weight excluding hydrogens is 264 g/mol. The van der Waals surface area contributed by atoms with Gasteiger partial charge in [-0.15, -0.1) is 0 Å².